The highest BCUT2D eigenvalue weighted by molar-refractivity contribution is 7.80. The molecule has 2 rings (SSSR count). The van der Waals surface area contributed by atoms with Gasteiger partial charge in [0.1, 0.15) is 24.4 Å². The summed E-state index contributed by atoms with van der Waals surface area (Å²) in [6, 6.07) is -0.931. The van der Waals surface area contributed by atoms with Crippen molar-refractivity contribution < 1.29 is 75.3 Å². The number of aliphatic hydroxyl groups excluding tert-OH is 2. The van der Waals surface area contributed by atoms with Crippen molar-refractivity contribution in [1.29, 1.82) is 0 Å². The van der Waals surface area contributed by atoms with Crippen LogP contribution < -0.4 is 16.0 Å². The maximum atomic E-state index is 13.3. The summed E-state index contributed by atoms with van der Waals surface area (Å²) in [4.78, 5) is 40.0. The van der Waals surface area contributed by atoms with Crippen molar-refractivity contribution in [2.45, 2.75) is 76.0 Å². The number of likely N-dealkylation sites (N-methyl/N-ethyl adjacent to an activating group) is 1. The highest BCUT2D eigenvalue weighted by atomic mass is 32.3. The first-order valence-electron chi connectivity index (χ1n) is 17.7. The van der Waals surface area contributed by atoms with Crippen LogP contribution in [0, 0.1) is 17.8 Å². The van der Waals surface area contributed by atoms with Crippen LogP contribution in [0.5, 0.6) is 0 Å². The van der Waals surface area contributed by atoms with E-state index in [1.165, 1.54) is 21.1 Å². The van der Waals surface area contributed by atoms with Gasteiger partial charge in [0.2, 0.25) is 5.91 Å². The molecule has 0 aromatic carbocycles. The van der Waals surface area contributed by atoms with Gasteiger partial charge in [0.15, 0.2) is 12.2 Å². The smallest absolute Gasteiger partial charge is 0.397 e. The summed E-state index contributed by atoms with van der Waals surface area (Å²) in [5.74, 6) is -5.31. The lowest BCUT2D eigenvalue weighted by Crippen LogP contribution is -2.63. The molecule has 1 amide bonds. The Hall–Kier alpha value is -2.12. The zero-order valence-corrected chi connectivity index (χ0v) is 32.2. The molecule has 7 N–H and O–H groups in total. The molecule has 0 aliphatic carbocycles. The molecular formula is C32H60N4O16S. The first kappa shape index (κ1) is 47.0. The van der Waals surface area contributed by atoms with Gasteiger partial charge in [0, 0.05) is 65.7 Å². The number of esters is 1. The van der Waals surface area contributed by atoms with Crippen LogP contribution in [0.1, 0.15) is 27.2 Å². The van der Waals surface area contributed by atoms with Crippen LogP contribution in [0.15, 0.2) is 0 Å². The molecule has 5 unspecified atom stereocenters. The minimum absolute atomic E-state index is 0.103. The predicted molar refractivity (Wildman–Crippen MR) is 186 cm³/mol. The van der Waals surface area contributed by atoms with Crippen molar-refractivity contribution in [3.63, 3.8) is 0 Å². The Morgan fingerprint density at radius 2 is 1.57 bits per heavy atom. The molecular weight excluding hydrogens is 728 g/mol. The average Bonchev–Trinajstić information content (AvgIpc) is 3.08. The van der Waals surface area contributed by atoms with Crippen LogP contribution in [0.2, 0.25) is 0 Å². The molecule has 2 aliphatic rings. The SMILES string of the molecule is CCCN(CCNC)CCNCC(C)C(=O)OC1[C@H](COC[C@H]2C(NC(C)=O)[C@H](COC)OC(COS(=O)(=O)O)[C@@H]2O)OC(C(=O)O)[C@@H](COC)[C@H]1O. The third-order valence-corrected chi connectivity index (χ3v) is 9.52. The highest BCUT2D eigenvalue weighted by Gasteiger charge is 2.51. The summed E-state index contributed by atoms with van der Waals surface area (Å²) in [6.07, 6.45) is -8.54. The molecule has 0 saturated carbocycles. The van der Waals surface area contributed by atoms with Crippen molar-refractivity contribution >= 4 is 28.2 Å². The number of rotatable bonds is 25. The van der Waals surface area contributed by atoms with Gasteiger partial charge < -0.3 is 64.6 Å². The summed E-state index contributed by atoms with van der Waals surface area (Å²) in [5, 5.41) is 41.6. The van der Waals surface area contributed by atoms with E-state index >= 15 is 0 Å². The summed E-state index contributed by atoms with van der Waals surface area (Å²) in [6.45, 7) is 7.42. The second-order valence-electron chi connectivity index (χ2n) is 13.3. The van der Waals surface area contributed by atoms with Gasteiger partial charge >= 0.3 is 22.3 Å². The van der Waals surface area contributed by atoms with Crippen LogP contribution in [-0.2, 0) is 57.4 Å². The van der Waals surface area contributed by atoms with E-state index in [0.29, 0.717) is 6.54 Å². The number of nitrogens with zero attached hydrogens (tertiary/aromatic N) is 1. The molecule has 53 heavy (non-hydrogen) atoms. The van der Waals surface area contributed by atoms with Gasteiger partial charge in [-0.2, -0.15) is 8.42 Å². The Kier molecular flexibility index (Phi) is 21.1. The van der Waals surface area contributed by atoms with E-state index in [1.54, 1.807) is 6.92 Å². The summed E-state index contributed by atoms with van der Waals surface area (Å²) < 4.78 is 69.7. The van der Waals surface area contributed by atoms with Crippen LogP contribution >= 0.6 is 0 Å². The molecule has 21 heteroatoms. The quantitative estimate of drug-likeness (QED) is 0.0281. The Bertz CT molecular complexity index is 1220. The normalized spacial score (nSPS) is 29.8. The fraction of sp³-hybridized carbons (Fsp3) is 0.906. The average molecular weight is 789 g/mol. The van der Waals surface area contributed by atoms with Crippen molar-refractivity contribution in [3.05, 3.63) is 0 Å². The van der Waals surface area contributed by atoms with Crippen molar-refractivity contribution in [3.8, 4) is 0 Å². The fourth-order valence-corrected chi connectivity index (χ4v) is 6.73. The van der Waals surface area contributed by atoms with E-state index in [4.69, 9.17) is 33.0 Å². The fourth-order valence-electron chi connectivity index (χ4n) is 6.43. The lowest BCUT2D eigenvalue weighted by Gasteiger charge is -2.45. The topological polar surface area (TPSA) is 270 Å². The molecule has 0 aromatic heterocycles. The predicted octanol–water partition coefficient (Wildman–Crippen LogP) is -2.74. The molecule has 2 fully saturated rings. The monoisotopic (exact) mass is 788 g/mol. The minimum atomic E-state index is -4.89. The van der Waals surface area contributed by atoms with E-state index in [0.717, 1.165) is 32.6 Å². The number of aliphatic carboxylic acids is 1. The lowest BCUT2D eigenvalue weighted by atomic mass is 9.84. The van der Waals surface area contributed by atoms with Gasteiger partial charge in [0.25, 0.3) is 0 Å². The number of carbonyl (C=O) groups excluding carboxylic acids is 2. The number of amides is 1. The number of ether oxygens (including phenoxy) is 6. The van der Waals surface area contributed by atoms with Gasteiger partial charge in [-0.05, 0) is 20.0 Å². The second kappa shape index (κ2) is 23.7. The van der Waals surface area contributed by atoms with Crippen LogP contribution in [-0.4, -0.2) is 193 Å². The molecule has 20 nitrogen and oxygen atoms in total. The summed E-state index contributed by atoms with van der Waals surface area (Å²) in [5.41, 5.74) is 0. The number of methoxy groups -OCH3 is 2. The van der Waals surface area contributed by atoms with E-state index in [2.05, 4.69) is 32.0 Å². The summed E-state index contributed by atoms with van der Waals surface area (Å²) >= 11 is 0. The van der Waals surface area contributed by atoms with Crippen molar-refractivity contribution in [2.24, 2.45) is 17.8 Å². The zero-order chi connectivity index (χ0) is 39.7. The molecule has 2 heterocycles. The number of carboxylic acid groups (broad SMARTS) is 1. The van der Waals surface area contributed by atoms with Gasteiger partial charge in [-0.15, -0.1) is 0 Å². The number of hydrogen-bond acceptors (Lipinski definition) is 17. The van der Waals surface area contributed by atoms with Crippen LogP contribution in [0.25, 0.3) is 0 Å². The second-order valence-corrected chi connectivity index (χ2v) is 14.4. The van der Waals surface area contributed by atoms with Gasteiger partial charge in [-0.1, -0.05) is 13.8 Å². The number of nitrogens with one attached hydrogen (secondary N) is 3. The van der Waals surface area contributed by atoms with Crippen LogP contribution in [0.3, 0.4) is 0 Å². The molecule has 310 valence electrons. The Morgan fingerprint density at radius 1 is 0.887 bits per heavy atom. The highest BCUT2D eigenvalue weighted by Crippen LogP contribution is 2.32. The number of aliphatic hydroxyl groups is 2. The Labute approximate surface area is 311 Å². The van der Waals surface area contributed by atoms with Crippen molar-refractivity contribution in [1.82, 2.24) is 20.9 Å². The van der Waals surface area contributed by atoms with Crippen molar-refractivity contribution in [2.75, 3.05) is 93.6 Å². The molecule has 0 aromatic rings. The van der Waals surface area contributed by atoms with Gasteiger partial charge in [-0.25, -0.2) is 8.98 Å². The Balaban J connectivity index is 2.22. The van der Waals surface area contributed by atoms with E-state index < -0.39 is 108 Å². The maximum absolute atomic E-state index is 13.3. The Morgan fingerprint density at radius 3 is 2.15 bits per heavy atom. The third-order valence-electron chi connectivity index (χ3n) is 9.09. The maximum Gasteiger partial charge on any atom is 0.397 e. The number of carboxylic acids is 1. The largest absolute Gasteiger partial charge is 0.479 e. The number of hydrogen-bond donors (Lipinski definition) is 7. The molecule has 2 saturated heterocycles. The molecule has 0 bridgehead atoms. The molecule has 2 aliphatic heterocycles. The standard InChI is InChI=1S/C32H60N4O16S/c1-7-10-36(11-8-33-4)12-9-34-13-19(2)32(42)52-30-25(51-29(31(40)41)22(14-46-5)28(30)39)17-48-15-21-26(35-20(3)37)23(16-47-6)50-24(27(21)38)18-49-53(43,44)45/h19,21-30,33-34,38-39H,7-18H2,1-6H3,(H,35,37)(H,40,41)(H,43,44,45)/t19?,21-,22-,23-,24?,25-,26?,27+,28+,29?,30?/m0/s1. The van der Waals surface area contributed by atoms with Crippen LogP contribution in [0.4, 0.5) is 0 Å². The van der Waals surface area contributed by atoms with Gasteiger partial charge in [-0.3, -0.25) is 14.1 Å². The van der Waals surface area contributed by atoms with E-state index in [-0.39, 0.29) is 26.4 Å². The number of carbonyl (C=O) groups is 3. The van der Waals surface area contributed by atoms with E-state index in [1.807, 2.05) is 7.05 Å². The van der Waals surface area contributed by atoms with E-state index in [9.17, 15) is 38.1 Å². The lowest BCUT2D eigenvalue weighted by molar-refractivity contribution is -0.239. The molecule has 0 radical (unpaired) electrons. The molecule has 11 atom stereocenters. The minimum Gasteiger partial charge on any atom is -0.479 e. The molecule has 0 spiro atoms. The first-order valence-corrected chi connectivity index (χ1v) is 19.1. The first-order chi connectivity index (χ1) is 25.1. The summed E-state index contributed by atoms with van der Waals surface area (Å²) in [7, 11) is -0.313. The van der Waals surface area contributed by atoms with Gasteiger partial charge in [0.05, 0.1) is 51.1 Å². The third kappa shape index (κ3) is 15.5. The zero-order valence-electron chi connectivity index (χ0n) is 31.4.